The summed E-state index contributed by atoms with van der Waals surface area (Å²) in [4.78, 5) is 0. The fraction of sp³-hybridized carbons (Fsp3) is 1.00. The molecule has 0 heterocycles. The summed E-state index contributed by atoms with van der Waals surface area (Å²) < 4.78 is 0. The Balaban J connectivity index is 1.78. The Bertz CT molecular complexity index is 208. The van der Waals surface area contributed by atoms with E-state index < -0.39 is 0 Å². The van der Waals surface area contributed by atoms with Crippen molar-refractivity contribution in [2.45, 2.75) is 52.9 Å². The Hall–Kier alpha value is 0.290. The fourth-order valence-electron chi connectivity index (χ4n) is 3.44. The molecule has 2 atom stereocenters. The van der Waals surface area contributed by atoms with Crippen LogP contribution in [-0.4, -0.2) is 5.88 Å². The predicted octanol–water partition coefficient (Wildman–Crippen LogP) is 4.71. The Morgan fingerprint density at radius 2 is 1.67 bits per heavy atom. The number of halogens is 1. The number of hydrogen-bond donors (Lipinski definition) is 0. The molecule has 0 bridgehead atoms. The minimum atomic E-state index is 0.528. The van der Waals surface area contributed by atoms with Crippen molar-refractivity contribution >= 4 is 11.6 Å². The molecular weight excluding hydrogens is 204 g/mol. The van der Waals surface area contributed by atoms with Crippen LogP contribution in [0.1, 0.15) is 52.9 Å². The molecule has 0 aliphatic heterocycles. The molecule has 2 aliphatic rings. The molecule has 0 aromatic heterocycles. The van der Waals surface area contributed by atoms with Gasteiger partial charge in [0, 0.05) is 5.88 Å². The van der Waals surface area contributed by atoms with E-state index in [9.17, 15) is 0 Å². The van der Waals surface area contributed by atoms with E-state index in [1.165, 1.54) is 32.1 Å². The smallest absolute Gasteiger partial charge is 0.0254 e. The molecule has 2 aliphatic carbocycles. The third kappa shape index (κ3) is 2.70. The van der Waals surface area contributed by atoms with Gasteiger partial charge in [-0.1, -0.05) is 20.8 Å². The molecule has 0 nitrogen and oxygen atoms in total. The Labute approximate surface area is 99.8 Å². The zero-order valence-electron chi connectivity index (χ0n) is 10.4. The van der Waals surface area contributed by atoms with Gasteiger partial charge in [0.25, 0.3) is 0 Å². The molecule has 0 radical (unpaired) electrons. The SMILES string of the molecule is CC(C)(C)C1CCC(C2CC2CCl)CC1. The van der Waals surface area contributed by atoms with Crippen molar-refractivity contribution in [3.63, 3.8) is 0 Å². The van der Waals surface area contributed by atoms with Gasteiger partial charge in [-0.05, 0) is 61.2 Å². The lowest BCUT2D eigenvalue weighted by molar-refractivity contribution is 0.140. The maximum atomic E-state index is 5.91. The van der Waals surface area contributed by atoms with Gasteiger partial charge in [0.15, 0.2) is 0 Å². The van der Waals surface area contributed by atoms with E-state index in [0.29, 0.717) is 5.41 Å². The van der Waals surface area contributed by atoms with Gasteiger partial charge in [-0.3, -0.25) is 0 Å². The largest absolute Gasteiger partial charge is 0.126 e. The lowest BCUT2D eigenvalue weighted by Gasteiger charge is -2.37. The van der Waals surface area contributed by atoms with Crippen molar-refractivity contribution in [2.24, 2.45) is 29.1 Å². The highest BCUT2D eigenvalue weighted by Crippen LogP contribution is 2.52. The molecule has 0 aromatic rings. The van der Waals surface area contributed by atoms with E-state index in [0.717, 1.165) is 29.6 Å². The normalized spacial score (nSPS) is 41.6. The lowest BCUT2D eigenvalue weighted by Crippen LogP contribution is -2.26. The average Bonchev–Trinajstić information content (AvgIpc) is 2.95. The van der Waals surface area contributed by atoms with E-state index in [-0.39, 0.29) is 0 Å². The van der Waals surface area contributed by atoms with Crippen molar-refractivity contribution in [3.8, 4) is 0 Å². The van der Waals surface area contributed by atoms with E-state index in [1.807, 2.05) is 0 Å². The second-order valence-electron chi connectivity index (χ2n) is 6.79. The molecule has 0 aromatic carbocycles. The van der Waals surface area contributed by atoms with Crippen LogP contribution in [0.15, 0.2) is 0 Å². The van der Waals surface area contributed by atoms with E-state index >= 15 is 0 Å². The third-order valence-electron chi connectivity index (χ3n) is 4.78. The summed E-state index contributed by atoms with van der Waals surface area (Å²) in [6.45, 7) is 7.20. The standard InChI is InChI=1S/C14H25Cl/c1-14(2,3)12-6-4-10(5-7-12)13-8-11(13)9-15/h10-13H,4-9H2,1-3H3. The molecule has 2 fully saturated rings. The summed E-state index contributed by atoms with van der Waals surface area (Å²) in [5.41, 5.74) is 0.528. The van der Waals surface area contributed by atoms with Crippen LogP contribution >= 0.6 is 11.6 Å². The van der Waals surface area contributed by atoms with Gasteiger partial charge in [0.05, 0.1) is 0 Å². The number of alkyl halides is 1. The van der Waals surface area contributed by atoms with E-state index in [1.54, 1.807) is 0 Å². The van der Waals surface area contributed by atoms with E-state index in [4.69, 9.17) is 11.6 Å². The van der Waals surface area contributed by atoms with Crippen LogP contribution in [0, 0.1) is 29.1 Å². The maximum absolute atomic E-state index is 5.91. The molecule has 0 spiro atoms. The second kappa shape index (κ2) is 4.28. The molecule has 1 heteroatoms. The van der Waals surface area contributed by atoms with Crippen LogP contribution in [-0.2, 0) is 0 Å². The number of hydrogen-bond acceptors (Lipinski definition) is 0. The van der Waals surface area contributed by atoms with Gasteiger partial charge >= 0.3 is 0 Å². The predicted molar refractivity (Wildman–Crippen MR) is 67.2 cm³/mol. The van der Waals surface area contributed by atoms with E-state index in [2.05, 4.69) is 20.8 Å². The highest BCUT2D eigenvalue weighted by atomic mass is 35.5. The van der Waals surface area contributed by atoms with Crippen LogP contribution in [0.5, 0.6) is 0 Å². The monoisotopic (exact) mass is 228 g/mol. The van der Waals surface area contributed by atoms with Gasteiger partial charge in [-0.15, -0.1) is 11.6 Å². The van der Waals surface area contributed by atoms with Crippen molar-refractivity contribution in [1.29, 1.82) is 0 Å². The van der Waals surface area contributed by atoms with Crippen LogP contribution in [0.25, 0.3) is 0 Å². The molecule has 0 N–H and O–H groups in total. The molecular formula is C14H25Cl. The molecule has 0 saturated heterocycles. The first-order valence-corrected chi connectivity index (χ1v) is 7.11. The Kier molecular flexibility index (Phi) is 3.36. The van der Waals surface area contributed by atoms with Crippen LogP contribution < -0.4 is 0 Å². The molecule has 2 saturated carbocycles. The molecule has 2 rings (SSSR count). The van der Waals surface area contributed by atoms with Crippen molar-refractivity contribution < 1.29 is 0 Å². The first-order valence-electron chi connectivity index (χ1n) is 6.58. The van der Waals surface area contributed by atoms with Gasteiger partial charge in [-0.2, -0.15) is 0 Å². The summed E-state index contributed by atoms with van der Waals surface area (Å²) in [5.74, 6) is 4.77. The van der Waals surface area contributed by atoms with Crippen LogP contribution in [0.3, 0.4) is 0 Å². The average molecular weight is 229 g/mol. The van der Waals surface area contributed by atoms with Crippen molar-refractivity contribution in [3.05, 3.63) is 0 Å². The molecule has 2 unspecified atom stereocenters. The Morgan fingerprint density at radius 1 is 1.07 bits per heavy atom. The van der Waals surface area contributed by atoms with Gasteiger partial charge in [0.1, 0.15) is 0 Å². The molecule has 88 valence electrons. The molecule has 0 amide bonds. The maximum Gasteiger partial charge on any atom is 0.0254 e. The first kappa shape index (κ1) is 11.8. The third-order valence-corrected chi connectivity index (χ3v) is 5.17. The van der Waals surface area contributed by atoms with Crippen LogP contribution in [0.4, 0.5) is 0 Å². The minimum absolute atomic E-state index is 0.528. The fourth-order valence-corrected chi connectivity index (χ4v) is 3.79. The summed E-state index contributed by atoms with van der Waals surface area (Å²) in [6.07, 6.45) is 7.29. The van der Waals surface area contributed by atoms with Gasteiger partial charge in [0.2, 0.25) is 0 Å². The zero-order chi connectivity index (χ0) is 11.1. The highest BCUT2D eigenvalue weighted by molar-refractivity contribution is 6.18. The second-order valence-corrected chi connectivity index (χ2v) is 7.10. The van der Waals surface area contributed by atoms with Gasteiger partial charge < -0.3 is 0 Å². The lowest BCUT2D eigenvalue weighted by atomic mass is 9.69. The minimum Gasteiger partial charge on any atom is -0.126 e. The summed E-state index contributed by atoms with van der Waals surface area (Å²) in [5, 5.41) is 0. The quantitative estimate of drug-likeness (QED) is 0.601. The topological polar surface area (TPSA) is 0 Å². The highest BCUT2D eigenvalue weighted by Gasteiger charge is 2.43. The first-order chi connectivity index (χ1) is 7.02. The summed E-state index contributed by atoms with van der Waals surface area (Å²) in [6, 6.07) is 0. The van der Waals surface area contributed by atoms with Crippen LogP contribution in [0.2, 0.25) is 0 Å². The van der Waals surface area contributed by atoms with Gasteiger partial charge in [-0.25, -0.2) is 0 Å². The Morgan fingerprint density at radius 3 is 2.07 bits per heavy atom. The molecule has 15 heavy (non-hydrogen) atoms. The number of rotatable bonds is 2. The summed E-state index contributed by atoms with van der Waals surface area (Å²) in [7, 11) is 0. The van der Waals surface area contributed by atoms with Crippen molar-refractivity contribution in [2.75, 3.05) is 5.88 Å². The van der Waals surface area contributed by atoms with Crippen molar-refractivity contribution in [1.82, 2.24) is 0 Å². The zero-order valence-corrected chi connectivity index (χ0v) is 11.2. The summed E-state index contributed by atoms with van der Waals surface area (Å²) >= 11 is 5.91.